The van der Waals surface area contributed by atoms with E-state index in [0.717, 1.165) is 0 Å². The van der Waals surface area contributed by atoms with Crippen molar-refractivity contribution in [2.75, 3.05) is 30.4 Å². The Morgan fingerprint density at radius 1 is 0.976 bits per heavy atom. The summed E-state index contributed by atoms with van der Waals surface area (Å²) >= 11 is 0. The van der Waals surface area contributed by atoms with E-state index in [9.17, 15) is 32.3 Å². The summed E-state index contributed by atoms with van der Waals surface area (Å²) in [6.07, 6.45) is -1.31. The molecule has 0 aliphatic heterocycles. The van der Waals surface area contributed by atoms with Gasteiger partial charge in [0.15, 0.2) is 0 Å². The zero-order chi connectivity index (χ0) is 32.2. The average Bonchev–Trinajstić information content (AvgIpc) is 2.99. The number of benzene rings is 2. The molecule has 0 aliphatic carbocycles. The van der Waals surface area contributed by atoms with E-state index in [0.29, 0.717) is 12.7 Å². The summed E-state index contributed by atoms with van der Waals surface area (Å²) in [7, 11) is -3.36. The van der Waals surface area contributed by atoms with Crippen LogP contribution in [-0.4, -0.2) is 74.9 Å². The molecule has 0 aliphatic rings. The van der Waals surface area contributed by atoms with E-state index in [-0.39, 0.29) is 60.3 Å². The smallest absolute Gasteiger partial charge is 0.261 e. The molecule has 0 fully saturated rings. The Hall–Kier alpha value is -2.43. The quantitative estimate of drug-likeness (QED) is 0.187. The van der Waals surface area contributed by atoms with Gasteiger partial charge in [-0.1, -0.05) is 24.3 Å². The van der Waals surface area contributed by atoms with Crippen molar-refractivity contribution < 1.29 is 99.8 Å². The number of hydrogen-bond donors (Lipinski definition) is 6. The van der Waals surface area contributed by atoms with Gasteiger partial charge in [-0.15, -0.1) is 0 Å². The summed E-state index contributed by atoms with van der Waals surface area (Å²) in [5, 5.41) is 25.8. The number of nitrogens with one attached hydrogen (secondary N) is 5. The fourth-order valence-corrected chi connectivity index (χ4v) is 3.92. The number of rotatable bonds is 11. The van der Waals surface area contributed by atoms with Crippen LogP contribution < -0.4 is 20.7 Å². The van der Waals surface area contributed by atoms with Gasteiger partial charge in [0.25, 0.3) is 10.0 Å². The predicted molar refractivity (Wildman–Crippen MR) is 140 cm³/mol. The molecule has 235 valence electrons. The maximum Gasteiger partial charge on any atom is 0.261 e. The molecule has 0 unspecified atom stereocenters. The Bertz CT molecular complexity index is 1190. The minimum absolute atomic E-state index is 0. The third-order valence-electron chi connectivity index (χ3n) is 4.80. The van der Waals surface area contributed by atoms with Crippen molar-refractivity contribution in [2.24, 2.45) is 0 Å². The summed E-state index contributed by atoms with van der Waals surface area (Å²) in [6.45, 7) is 1.67. The van der Waals surface area contributed by atoms with Crippen LogP contribution in [0.3, 0.4) is 0 Å². The molecule has 0 aromatic heterocycles. The number of hydrogen-bond acceptors (Lipinski definition) is 7. The molecular formula is C23H31AcF5N5O7S-. The zero-order valence-electron chi connectivity index (χ0n) is 22.6. The topological polar surface area (TPSA) is 198 Å². The zero-order valence-corrected chi connectivity index (χ0v) is 28.1. The van der Waals surface area contributed by atoms with Crippen LogP contribution in [0.5, 0.6) is 0 Å². The van der Waals surface area contributed by atoms with Gasteiger partial charge in [0.2, 0.25) is 17.7 Å². The second-order valence-electron chi connectivity index (χ2n) is 7.68. The van der Waals surface area contributed by atoms with Gasteiger partial charge < -0.3 is 31.9 Å². The fraction of sp³-hybridized carbons (Fsp3) is 0.348. The van der Waals surface area contributed by atoms with Crippen molar-refractivity contribution in [1.29, 1.82) is 0 Å². The summed E-state index contributed by atoms with van der Waals surface area (Å²) < 4.78 is 69.1. The molecule has 0 saturated carbocycles. The van der Waals surface area contributed by atoms with E-state index in [1.54, 1.807) is 31.2 Å². The third kappa shape index (κ3) is 15.7. The first kappa shape index (κ1) is 44.0. The van der Waals surface area contributed by atoms with Gasteiger partial charge in [0.1, 0.15) is 6.04 Å². The minimum atomic E-state index is -3.86. The number of alkyl halides is 1. The van der Waals surface area contributed by atoms with Gasteiger partial charge in [0, 0.05) is 74.7 Å². The molecule has 2 rings (SSSR count). The van der Waals surface area contributed by atoms with Gasteiger partial charge in [-0.05, 0) is 49.7 Å². The second-order valence-corrected chi connectivity index (χ2v) is 9.36. The van der Waals surface area contributed by atoms with Gasteiger partial charge >= 0.3 is 0 Å². The van der Waals surface area contributed by atoms with Crippen LogP contribution in [0, 0.1) is 51.0 Å². The standard InChI is InChI=1S/C22H28N5O7S.CH3F.Ac.2F2/c1-13-8-9-15(27-35(33,34)16-6-4-3-5-7-16)10-18(13)25-22(32)20(14(2)29)26-19(30)11-24-21(31)17(23)12-28;1-2;;2*1-2/h3-10,14,17,20,23,27-29H,11-12H2,1-2H3,(H,24,31)(H,25,32)(H,26,30);1H3;;;/q-1;;;;/t14-,17+,20+;;;;/m1..../s1. The van der Waals surface area contributed by atoms with Crippen molar-refractivity contribution in [3.8, 4) is 0 Å². The first-order chi connectivity index (χ1) is 19.4. The van der Waals surface area contributed by atoms with E-state index in [4.69, 9.17) is 29.1 Å². The first-order valence-electron chi connectivity index (χ1n) is 11.2. The molecule has 19 heteroatoms. The summed E-state index contributed by atoms with van der Waals surface area (Å²) in [4.78, 5) is 36.5. The Kier molecular flexibility index (Phi) is 25.2. The van der Waals surface area contributed by atoms with Crippen LogP contribution in [0.2, 0.25) is 0 Å². The Balaban J connectivity index is -0.00000203. The van der Waals surface area contributed by atoms with E-state index in [1.165, 1.54) is 31.2 Å². The molecule has 42 heavy (non-hydrogen) atoms. The van der Waals surface area contributed by atoms with Crippen molar-refractivity contribution in [3.05, 3.63) is 59.8 Å². The Labute approximate surface area is 274 Å². The van der Waals surface area contributed by atoms with Crippen LogP contribution in [0.4, 0.5) is 34.1 Å². The summed E-state index contributed by atoms with van der Waals surface area (Å²) in [5.41, 5.74) is 8.30. The van der Waals surface area contributed by atoms with Gasteiger partial charge in [-0.3, -0.25) is 23.5 Å². The van der Waals surface area contributed by atoms with Crippen molar-refractivity contribution in [2.45, 2.75) is 36.9 Å². The number of sulfonamides is 1. The molecule has 0 heterocycles. The minimum Gasteiger partial charge on any atom is -0.665 e. The Morgan fingerprint density at radius 3 is 2.02 bits per heavy atom. The molecule has 0 bridgehead atoms. The van der Waals surface area contributed by atoms with Crippen LogP contribution >= 0.6 is 0 Å². The summed E-state index contributed by atoms with van der Waals surface area (Å²) in [5.74, 6) is -2.45. The van der Waals surface area contributed by atoms with Crippen LogP contribution in [0.25, 0.3) is 5.73 Å². The fourth-order valence-electron chi connectivity index (χ4n) is 2.85. The number of aryl methyl sites for hydroxylation is 1. The average molecular weight is 844 g/mol. The molecule has 3 atom stereocenters. The van der Waals surface area contributed by atoms with E-state index in [1.807, 2.05) is 0 Å². The normalized spacial score (nSPS) is 11.9. The third-order valence-corrected chi connectivity index (χ3v) is 6.20. The van der Waals surface area contributed by atoms with Crippen LogP contribution in [0.1, 0.15) is 12.5 Å². The maximum atomic E-state index is 12.8. The number of aliphatic hydroxyl groups excluding tert-OH is 2. The molecule has 7 N–H and O–H groups in total. The van der Waals surface area contributed by atoms with E-state index in [2.05, 4.69) is 20.7 Å². The molecule has 2 aromatic rings. The second kappa shape index (κ2) is 24.1. The number of aliphatic hydroxyl groups is 2. The van der Waals surface area contributed by atoms with E-state index >= 15 is 0 Å². The number of amides is 3. The molecule has 3 amide bonds. The number of carbonyl (C=O) groups is 3. The SMILES string of the molecule is CF.Cc1ccc(NS(=O)(=O)c2ccccc2)cc1NC(=O)[C@@H](NC(=O)CNC(=O)[C@@H]([NH-])CO)[C@@H](C)O.FF.FF.[Ac]. The van der Waals surface area contributed by atoms with Crippen molar-refractivity contribution in [1.82, 2.24) is 10.6 Å². The molecular weight excluding hydrogens is 812 g/mol. The van der Waals surface area contributed by atoms with Crippen LogP contribution in [0.15, 0.2) is 53.4 Å². The van der Waals surface area contributed by atoms with Gasteiger partial charge in [0.05, 0.1) is 30.4 Å². The number of anilines is 2. The maximum absolute atomic E-state index is 12.8. The molecule has 1 radical (unpaired) electrons. The molecule has 0 saturated heterocycles. The summed E-state index contributed by atoms with van der Waals surface area (Å²) in [6, 6.07) is 9.39. The van der Waals surface area contributed by atoms with Crippen molar-refractivity contribution >= 4 is 39.1 Å². The van der Waals surface area contributed by atoms with Gasteiger partial charge in [-0.2, -0.15) is 0 Å². The van der Waals surface area contributed by atoms with Gasteiger partial charge in [-0.25, -0.2) is 8.42 Å². The first-order valence-corrected chi connectivity index (χ1v) is 12.7. The van der Waals surface area contributed by atoms with Crippen molar-refractivity contribution in [3.63, 3.8) is 0 Å². The van der Waals surface area contributed by atoms with Crippen LogP contribution in [-0.2, 0) is 24.4 Å². The van der Waals surface area contributed by atoms with E-state index < -0.39 is 59.1 Å². The molecule has 0 spiro atoms. The monoisotopic (exact) mass is 843 g/mol. The Morgan fingerprint density at radius 2 is 1.52 bits per heavy atom. The number of halogens is 5. The predicted octanol–water partition coefficient (Wildman–Crippen LogP) is 2.40. The molecule has 12 nitrogen and oxygen atoms in total. The molecule has 2 aromatic carbocycles. The largest absolute Gasteiger partial charge is 0.665 e. The number of carbonyl (C=O) groups excluding carboxylic acids is 3.